The molecule has 90 valence electrons. The van der Waals surface area contributed by atoms with Crippen molar-refractivity contribution in [2.75, 3.05) is 19.8 Å². The van der Waals surface area contributed by atoms with Gasteiger partial charge in [0.05, 0.1) is 25.5 Å². The molecule has 0 aromatic carbocycles. The van der Waals surface area contributed by atoms with Crippen molar-refractivity contribution in [2.24, 2.45) is 0 Å². The normalized spacial score (nSPS) is 11.5. The van der Waals surface area contributed by atoms with E-state index in [-0.39, 0.29) is 5.76 Å². The Morgan fingerprint density at radius 1 is 1.44 bits per heavy atom. The summed E-state index contributed by atoms with van der Waals surface area (Å²) in [5.41, 5.74) is -1.07. The molecular formula is C9H14N2O5. The third kappa shape index (κ3) is 2.38. The van der Waals surface area contributed by atoms with Crippen LogP contribution in [0.5, 0.6) is 0 Å². The second-order valence-corrected chi connectivity index (χ2v) is 3.48. The maximum Gasteiger partial charge on any atom is 0.289 e. The smallest absolute Gasteiger partial charge is 0.289 e. The Labute approximate surface area is 91.7 Å². The lowest BCUT2D eigenvalue weighted by atomic mass is 10.0. The number of nitrogens with one attached hydrogen (secondary N) is 1. The Bertz CT molecular complexity index is 350. The molecule has 0 fully saturated rings. The molecule has 0 saturated carbocycles. The van der Waals surface area contributed by atoms with Crippen molar-refractivity contribution in [3.63, 3.8) is 0 Å². The maximum absolute atomic E-state index is 11.6. The Balaban J connectivity index is 2.81. The number of hydrogen-bond acceptors (Lipinski definition) is 6. The number of rotatable bonds is 5. The van der Waals surface area contributed by atoms with E-state index in [1.54, 1.807) is 6.92 Å². The Morgan fingerprint density at radius 3 is 2.38 bits per heavy atom. The van der Waals surface area contributed by atoms with Crippen molar-refractivity contribution < 1.29 is 24.5 Å². The average molecular weight is 230 g/mol. The largest absolute Gasteiger partial charge is 0.438 e. The second-order valence-electron chi connectivity index (χ2n) is 3.48. The predicted octanol–water partition coefficient (Wildman–Crippen LogP) is -1.57. The van der Waals surface area contributed by atoms with Gasteiger partial charge in [0, 0.05) is 0 Å². The van der Waals surface area contributed by atoms with Gasteiger partial charge in [-0.25, -0.2) is 4.98 Å². The van der Waals surface area contributed by atoms with E-state index in [2.05, 4.69) is 10.3 Å². The Morgan fingerprint density at radius 2 is 2.00 bits per heavy atom. The quantitative estimate of drug-likeness (QED) is 0.485. The maximum atomic E-state index is 11.6. The first-order valence-corrected chi connectivity index (χ1v) is 4.64. The number of aryl methyl sites for hydroxylation is 1. The standard InChI is InChI=1S/C9H14N2O5/c1-6-7(16-5-10-6)8(15)11-9(2-12,3-13)4-14/h5,12-14H,2-4H2,1H3,(H,11,15). The van der Waals surface area contributed by atoms with Gasteiger partial charge in [0.25, 0.3) is 5.91 Å². The number of hydrogen-bond donors (Lipinski definition) is 4. The highest BCUT2D eigenvalue weighted by molar-refractivity contribution is 5.92. The summed E-state index contributed by atoms with van der Waals surface area (Å²) in [5.74, 6) is -0.660. The summed E-state index contributed by atoms with van der Waals surface area (Å²) in [4.78, 5) is 15.4. The van der Waals surface area contributed by atoms with Crippen molar-refractivity contribution in [2.45, 2.75) is 12.5 Å². The molecule has 4 N–H and O–H groups in total. The van der Waals surface area contributed by atoms with E-state index in [4.69, 9.17) is 19.7 Å². The number of nitrogens with zero attached hydrogens (tertiary/aromatic N) is 1. The molecule has 0 bridgehead atoms. The van der Waals surface area contributed by atoms with Crippen molar-refractivity contribution >= 4 is 5.91 Å². The average Bonchev–Trinajstić information content (AvgIpc) is 2.72. The van der Waals surface area contributed by atoms with Gasteiger partial charge in [-0.15, -0.1) is 0 Å². The van der Waals surface area contributed by atoms with E-state index in [1.807, 2.05) is 0 Å². The first-order chi connectivity index (χ1) is 7.58. The summed E-state index contributed by atoms with van der Waals surface area (Å²) >= 11 is 0. The highest BCUT2D eigenvalue weighted by Gasteiger charge is 2.31. The lowest BCUT2D eigenvalue weighted by Gasteiger charge is -2.28. The zero-order valence-corrected chi connectivity index (χ0v) is 8.80. The molecule has 1 heterocycles. The van der Waals surface area contributed by atoms with Gasteiger partial charge in [-0.05, 0) is 6.92 Å². The predicted molar refractivity (Wildman–Crippen MR) is 52.7 cm³/mol. The molecule has 1 rings (SSSR count). The van der Waals surface area contributed by atoms with Crippen LogP contribution in [0.25, 0.3) is 0 Å². The number of aromatic nitrogens is 1. The van der Waals surface area contributed by atoms with E-state index in [0.29, 0.717) is 5.69 Å². The van der Waals surface area contributed by atoms with Gasteiger partial charge in [0.15, 0.2) is 6.39 Å². The molecule has 1 aromatic heterocycles. The number of aliphatic hydroxyl groups is 3. The second kappa shape index (κ2) is 5.06. The highest BCUT2D eigenvalue weighted by atomic mass is 16.4. The van der Waals surface area contributed by atoms with Crippen molar-refractivity contribution in [1.82, 2.24) is 10.3 Å². The number of carbonyl (C=O) groups excluding carboxylic acids is 1. The van der Waals surface area contributed by atoms with Crippen LogP contribution < -0.4 is 5.32 Å². The molecule has 0 radical (unpaired) electrons. The molecule has 0 unspecified atom stereocenters. The van der Waals surface area contributed by atoms with Crippen LogP contribution in [0.2, 0.25) is 0 Å². The minimum absolute atomic E-state index is 0.0141. The molecular weight excluding hydrogens is 216 g/mol. The summed E-state index contributed by atoms with van der Waals surface area (Å²) in [6.07, 6.45) is 1.11. The van der Waals surface area contributed by atoms with Crippen LogP contribution in [0.1, 0.15) is 16.2 Å². The molecule has 1 aromatic rings. The fraction of sp³-hybridized carbons (Fsp3) is 0.556. The van der Waals surface area contributed by atoms with Crippen LogP contribution >= 0.6 is 0 Å². The summed E-state index contributed by atoms with van der Waals surface area (Å²) in [6.45, 7) is -0.173. The summed E-state index contributed by atoms with van der Waals surface area (Å²) in [5, 5.41) is 29.3. The monoisotopic (exact) mass is 230 g/mol. The van der Waals surface area contributed by atoms with E-state index in [0.717, 1.165) is 6.39 Å². The summed E-state index contributed by atoms with van der Waals surface area (Å²) < 4.78 is 4.84. The van der Waals surface area contributed by atoms with Crippen molar-refractivity contribution in [3.8, 4) is 0 Å². The van der Waals surface area contributed by atoms with Crippen molar-refractivity contribution in [1.29, 1.82) is 0 Å². The molecule has 7 heteroatoms. The summed E-state index contributed by atoms with van der Waals surface area (Å²) in [6, 6.07) is 0. The number of amides is 1. The first-order valence-electron chi connectivity index (χ1n) is 4.64. The molecule has 0 spiro atoms. The van der Waals surface area contributed by atoms with Gasteiger partial charge in [0.1, 0.15) is 5.54 Å². The zero-order valence-electron chi connectivity index (χ0n) is 8.80. The molecule has 0 aliphatic rings. The Hall–Kier alpha value is -1.44. The highest BCUT2D eigenvalue weighted by Crippen LogP contribution is 2.08. The molecule has 0 aliphatic heterocycles. The molecule has 0 saturated heterocycles. The van der Waals surface area contributed by atoms with Crippen LogP contribution in [-0.4, -0.2) is 51.6 Å². The van der Waals surface area contributed by atoms with E-state index < -0.39 is 31.3 Å². The van der Waals surface area contributed by atoms with Crippen LogP contribution in [0.3, 0.4) is 0 Å². The van der Waals surface area contributed by atoms with E-state index >= 15 is 0 Å². The van der Waals surface area contributed by atoms with Gasteiger partial charge in [0.2, 0.25) is 5.76 Å². The number of aliphatic hydroxyl groups excluding tert-OH is 3. The fourth-order valence-corrected chi connectivity index (χ4v) is 1.09. The first kappa shape index (κ1) is 12.6. The lowest BCUT2D eigenvalue weighted by molar-refractivity contribution is 0.0363. The zero-order chi connectivity index (χ0) is 12.2. The molecule has 0 aliphatic carbocycles. The van der Waals surface area contributed by atoms with E-state index in [9.17, 15) is 4.79 Å². The minimum atomic E-state index is -1.46. The number of carbonyl (C=O) groups is 1. The third-order valence-electron chi connectivity index (χ3n) is 2.24. The molecule has 1 amide bonds. The molecule has 0 atom stereocenters. The van der Waals surface area contributed by atoms with Gasteiger partial charge < -0.3 is 25.1 Å². The lowest BCUT2D eigenvalue weighted by Crippen LogP contribution is -2.57. The third-order valence-corrected chi connectivity index (χ3v) is 2.24. The van der Waals surface area contributed by atoms with Crippen LogP contribution in [-0.2, 0) is 0 Å². The van der Waals surface area contributed by atoms with Gasteiger partial charge in [-0.3, -0.25) is 4.79 Å². The summed E-state index contributed by atoms with van der Waals surface area (Å²) in [7, 11) is 0. The molecule has 16 heavy (non-hydrogen) atoms. The van der Waals surface area contributed by atoms with Gasteiger partial charge in [-0.2, -0.15) is 0 Å². The van der Waals surface area contributed by atoms with E-state index in [1.165, 1.54) is 0 Å². The van der Waals surface area contributed by atoms with Crippen molar-refractivity contribution in [3.05, 3.63) is 17.8 Å². The van der Waals surface area contributed by atoms with Crippen LogP contribution in [0, 0.1) is 6.92 Å². The van der Waals surface area contributed by atoms with Crippen LogP contribution in [0.15, 0.2) is 10.8 Å². The molecule has 7 nitrogen and oxygen atoms in total. The Kier molecular flexibility index (Phi) is 3.99. The minimum Gasteiger partial charge on any atom is -0.438 e. The topological polar surface area (TPSA) is 116 Å². The van der Waals surface area contributed by atoms with Crippen LogP contribution in [0.4, 0.5) is 0 Å². The van der Waals surface area contributed by atoms with Gasteiger partial charge >= 0.3 is 0 Å². The fourth-order valence-electron chi connectivity index (χ4n) is 1.09. The SMILES string of the molecule is Cc1ncoc1C(=O)NC(CO)(CO)CO. The number of oxazole rings is 1. The van der Waals surface area contributed by atoms with Gasteiger partial charge in [-0.1, -0.05) is 0 Å².